The first kappa shape index (κ1) is 21.6. The molecular weight excluding hydrogens is 373 g/mol. The number of amidine groups is 1. The van der Waals surface area contributed by atoms with Crippen LogP contribution in [-0.2, 0) is 6.42 Å². The Kier molecular flexibility index (Phi) is 7.48. The monoisotopic (exact) mass is 403 g/mol. The number of hydrogen-bond acceptors (Lipinski definition) is 7. The molecule has 0 amide bonds. The molecule has 3 rings (SSSR count). The van der Waals surface area contributed by atoms with Crippen molar-refractivity contribution >= 4 is 18.9 Å². The van der Waals surface area contributed by atoms with Crippen LogP contribution in [0.1, 0.15) is 28.8 Å². The number of hydrogen-bond donors (Lipinski definition) is 5. The average molecular weight is 403 g/mol. The lowest BCUT2D eigenvalue weighted by molar-refractivity contribution is 0.0694. The molecule has 0 aromatic heterocycles. The number of carboxylic acids is 1. The minimum Gasteiger partial charge on any atom is -0.534 e. The van der Waals surface area contributed by atoms with Gasteiger partial charge in [-0.25, -0.2) is 4.79 Å². The van der Waals surface area contributed by atoms with E-state index in [0.717, 1.165) is 39.0 Å². The van der Waals surface area contributed by atoms with Crippen molar-refractivity contribution in [1.82, 2.24) is 10.2 Å². The van der Waals surface area contributed by atoms with E-state index in [1.54, 1.807) is 12.1 Å². The summed E-state index contributed by atoms with van der Waals surface area (Å²) in [7, 11) is -1.22. The zero-order chi connectivity index (χ0) is 20.8. The SMILES string of the molecule is NCCNCC1CCN(CC(N)=NC2Cc3cccc(C(=O)O)c3OB2O)CC1. The number of piperidine rings is 1. The quantitative estimate of drug-likeness (QED) is 0.166. The van der Waals surface area contributed by atoms with Gasteiger partial charge < -0.3 is 31.6 Å². The molecule has 0 aliphatic carbocycles. The molecule has 0 spiro atoms. The van der Waals surface area contributed by atoms with Gasteiger partial charge in [-0.05, 0) is 56.4 Å². The summed E-state index contributed by atoms with van der Waals surface area (Å²) in [6.07, 6.45) is 2.59. The Balaban J connectivity index is 1.54. The number of carboxylic acid groups (broad SMARTS) is 1. The number of aromatic carboxylic acids is 1. The molecular formula is C19H30BN5O4. The second-order valence-electron chi connectivity index (χ2n) is 7.71. The Morgan fingerprint density at radius 1 is 1.38 bits per heavy atom. The van der Waals surface area contributed by atoms with E-state index < -0.39 is 19.0 Å². The number of aliphatic imine (C=N–C) groups is 1. The van der Waals surface area contributed by atoms with Crippen molar-refractivity contribution < 1.29 is 19.6 Å². The van der Waals surface area contributed by atoms with Crippen molar-refractivity contribution in [2.45, 2.75) is 25.2 Å². The van der Waals surface area contributed by atoms with Crippen LogP contribution in [0.25, 0.3) is 0 Å². The van der Waals surface area contributed by atoms with Crippen LogP contribution in [0.15, 0.2) is 23.2 Å². The van der Waals surface area contributed by atoms with Gasteiger partial charge in [0, 0.05) is 13.1 Å². The minimum absolute atomic E-state index is 0.0424. The van der Waals surface area contributed by atoms with Gasteiger partial charge in [0.1, 0.15) is 17.5 Å². The first-order chi connectivity index (χ1) is 14.0. The van der Waals surface area contributed by atoms with E-state index in [1.165, 1.54) is 6.07 Å². The molecule has 158 valence electrons. The molecule has 1 atom stereocenters. The van der Waals surface area contributed by atoms with Crippen LogP contribution < -0.4 is 21.4 Å². The number of para-hydroxylation sites is 1. The summed E-state index contributed by atoms with van der Waals surface area (Å²) < 4.78 is 5.47. The van der Waals surface area contributed by atoms with Crippen molar-refractivity contribution in [3.63, 3.8) is 0 Å². The normalized spacial score (nSPS) is 21.0. The smallest absolute Gasteiger partial charge is 0.534 e. The summed E-state index contributed by atoms with van der Waals surface area (Å²) in [6.45, 7) is 4.97. The number of likely N-dealkylation sites (tertiary alicyclic amines) is 1. The van der Waals surface area contributed by atoms with E-state index in [-0.39, 0.29) is 11.3 Å². The maximum absolute atomic E-state index is 11.3. The first-order valence-electron chi connectivity index (χ1n) is 10.1. The van der Waals surface area contributed by atoms with Gasteiger partial charge in [-0.15, -0.1) is 0 Å². The van der Waals surface area contributed by atoms with Crippen molar-refractivity contribution in [3.8, 4) is 5.75 Å². The maximum atomic E-state index is 11.3. The van der Waals surface area contributed by atoms with Crippen LogP contribution in [0, 0.1) is 5.92 Å². The summed E-state index contributed by atoms with van der Waals surface area (Å²) in [5.74, 6) is -0.316. The fourth-order valence-electron chi connectivity index (χ4n) is 3.93. The number of nitrogens with zero attached hydrogens (tertiary/aromatic N) is 2. The predicted molar refractivity (Wildman–Crippen MR) is 112 cm³/mol. The molecule has 1 aromatic rings. The molecule has 7 N–H and O–H groups in total. The predicted octanol–water partition coefficient (Wildman–Crippen LogP) is -0.674. The third kappa shape index (κ3) is 5.69. The Morgan fingerprint density at radius 2 is 2.14 bits per heavy atom. The molecule has 1 aromatic carbocycles. The van der Waals surface area contributed by atoms with E-state index in [2.05, 4.69) is 15.2 Å². The topological polar surface area (TPSA) is 146 Å². The highest BCUT2D eigenvalue weighted by Crippen LogP contribution is 2.31. The fraction of sp³-hybridized carbons (Fsp3) is 0.579. The molecule has 1 saturated heterocycles. The zero-order valence-electron chi connectivity index (χ0n) is 16.6. The van der Waals surface area contributed by atoms with Crippen LogP contribution in [0.2, 0.25) is 0 Å². The van der Waals surface area contributed by atoms with E-state index in [4.69, 9.17) is 16.1 Å². The molecule has 2 aliphatic heterocycles. The third-order valence-corrected chi connectivity index (χ3v) is 5.50. The van der Waals surface area contributed by atoms with Crippen LogP contribution in [0.5, 0.6) is 5.75 Å². The number of benzene rings is 1. The Bertz CT molecular complexity index is 739. The van der Waals surface area contributed by atoms with Gasteiger partial charge in [-0.1, -0.05) is 12.1 Å². The van der Waals surface area contributed by atoms with Crippen LogP contribution in [0.3, 0.4) is 0 Å². The number of nitrogens with one attached hydrogen (secondary N) is 1. The molecule has 0 radical (unpaired) electrons. The number of rotatable bonds is 8. The lowest BCUT2D eigenvalue weighted by atomic mass is 9.72. The van der Waals surface area contributed by atoms with Gasteiger partial charge in [0.15, 0.2) is 0 Å². The second kappa shape index (κ2) is 10.1. The van der Waals surface area contributed by atoms with Gasteiger partial charge in [0.2, 0.25) is 0 Å². The molecule has 10 heteroatoms. The number of nitrogens with two attached hydrogens (primary N) is 2. The fourth-order valence-corrected chi connectivity index (χ4v) is 3.93. The molecule has 2 heterocycles. The van der Waals surface area contributed by atoms with E-state index in [1.807, 2.05) is 0 Å². The number of carbonyl (C=O) groups is 1. The van der Waals surface area contributed by atoms with Gasteiger partial charge in [0.05, 0.1) is 12.1 Å². The molecule has 9 nitrogen and oxygen atoms in total. The highest BCUT2D eigenvalue weighted by molar-refractivity contribution is 6.46. The molecule has 0 saturated carbocycles. The minimum atomic E-state index is -1.22. The van der Waals surface area contributed by atoms with Crippen molar-refractivity contribution in [2.24, 2.45) is 22.4 Å². The zero-order valence-corrected chi connectivity index (χ0v) is 16.6. The van der Waals surface area contributed by atoms with Crippen LogP contribution in [-0.4, -0.2) is 79.2 Å². The maximum Gasteiger partial charge on any atom is 0.549 e. The average Bonchev–Trinajstić information content (AvgIpc) is 2.69. The lowest BCUT2D eigenvalue weighted by Crippen LogP contribution is -2.45. The summed E-state index contributed by atoms with van der Waals surface area (Å²) in [4.78, 5) is 18.1. The van der Waals surface area contributed by atoms with Crippen molar-refractivity contribution in [2.75, 3.05) is 39.3 Å². The highest BCUT2D eigenvalue weighted by Gasteiger charge is 2.37. The molecule has 2 aliphatic rings. The molecule has 29 heavy (non-hydrogen) atoms. The summed E-state index contributed by atoms with van der Waals surface area (Å²) in [5.41, 5.74) is 12.4. The highest BCUT2D eigenvalue weighted by atomic mass is 16.5. The van der Waals surface area contributed by atoms with E-state index in [9.17, 15) is 14.9 Å². The second-order valence-corrected chi connectivity index (χ2v) is 7.71. The Labute approximate surface area is 171 Å². The van der Waals surface area contributed by atoms with E-state index >= 15 is 0 Å². The molecule has 1 fully saturated rings. The molecule has 1 unspecified atom stereocenters. The van der Waals surface area contributed by atoms with Gasteiger partial charge in [0.25, 0.3) is 0 Å². The largest absolute Gasteiger partial charge is 0.549 e. The van der Waals surface area contributed by atoms with Crippen molar-refractivity contribution in [1.29, 1.82) is 0 Å². The van der Waals surface area contributed by atoms with Gasteiger partial charge in [-0.3, -0.25) is 9.89 Å². The Hall–Kier alpha value is -2.14. The molecule has 0 bridgehead atoms. The first-order valence-corrected chi connectivity index (χ1v) is 10.1. The van der Waals surface area contributed by atoms with E-state index in [0.29, 0.717) is 36.8 Å². The van der Waals surface area contributed by atoms with Crippen molar-refractivity contribution in [3.05, 3.63) is 29.3 Å². The lowest BCUT2D eigenvalue weighted by Gasteiger charge is -2.32. The van der Waals surface area contributed by atoms with Crippen LogP contribution >= 0.6 is 0 Å². The van der Waals surface area contributed by atoms with Gasteiger partial charge >= 0.3 is 13.1 Å². The Morgan fingerprint density at radius 3 is 2.83 bits per heavy atom. The number of fused-ring (bicyclic) bond motifs is 1. The summed E-state index contributed by atoms with van der Waals surface area (Å²) in [6, 6.07) is 4.91. The summed E-state index contributed by atoms with van der Waals surface area (Å²) >= 11 is 0. The van der Waals surface area contributed by atoms with Crippen LogP contribution in [0.4, 0.5) is 0 Å². The third-order valence-electron chi connectivity index (χ3n) is 5.50. The van der Waals surface area contributed by atoms with Gasteiger partial charge in [-0.2, -0.15) is 0 Å². The summed E-state index contributed by atoms with van der Waals surface area (Å²) in [5, 5.41) is 23.0. The standard InChI is InChI=1S/C19H30BN5O4/c21-6-7-23-11-13-4-8-25(9-5-13)12-17(22)24-16-10-14-2-1-3-15(19(26)27)18(14)29-20(16)28/h1-3,13,16,23,28H,4-12,21H2,(H2,22,24)(H,26,27).